The largest absolute Gasteiger partial charge is 0.324 e. The number of para-hydroxylation sites is 1. The zero-order valence-electron chi connectivity index (χ0n) is 10.9. The molecule has 2 aromatic rings. The first kappa shape index (κ1) is 18.1. The lowest BCUT2D eigenvalue weighted by molar-refractivity contribution is 0.851. The van der Waals surface area contributed by atoms with Crippen LogP contribution in [0, 0.1) is 6.92 Å². The number of aryl methyl sites for hydroxylation is 1. The second kappa shape index (κ2) is 6.71. The molecule has 0 aliphatic rings. The molecule has 1 heterocycles. The van der Waals surface area contributed by atoms with Crippen molar-refractivity contribution in [3.05, 3.63) is 41.5 Å². The van der Waals surface area contributed by atoms with Crippen LogP contribution in [0.25, 0.3) is 0 Å². The molecule has 0 radical (unpaired) electrons. The molecule has 2 rings (SSSR count). The Morgan fingerprint density at radius 1 is 0.818 bits per heavy atom. The van der Waals surface area contributed by atoms with E-state index in [9.17, 15) is 0 Å². The van der Waals surface area contributed by atoms with Crippen LogP contribution in [-0.2, 0) is 7.59 Å². The van der Waals surface area contributed by atoms with Gasteiger partial charge in [-0.25, -0.2) is 4.98 Å². The molecule has 0 atom stereocenters. The van der Waals surface area contributed by atoms with E-state index < -0.39 is 7.59 Å². The number of aromatic nitrogens is 3. The summed E-state index contributed by atoms with van der Waals surface area (Å²) in [4.78, 5) is 12.0. The van der Waals surface area contributed by atoms with Crippen LogP contribution in [0.2, 0.25) is 0 Å². The van der Waals surface area contributed by atoms with Gasteiger partial charge in [0.25, 0.3) is 0 Å². The summed E-state index contributed by atoms with van der Waals surface area (Å²) in [5, 5.41) is 2.98. The zero-order chi connectivity index (χ0) is 16.5. The van der Waals surface area contributed by atoms with Crippen LogP contribution >= 0.6 is 69.6 Å². The molecule has 0 spiro atoms. The number of alkyl halides is 6. The molecule has 0 fully saturated rings. The Balaban J connectivity index is 2.49. The van der Waals surface area contributed by atoms with Gasteiger partial charge in [-0.1, -0.05) is 87.8 Å². The molecule has 0 unspecified atom stereocenters. The first-order valence-electron chi connectivity index (χ1n) is 5.80. The Bertz CT molecular complexity index is 648. The average Bonchev–Trinajstić information content (AvgIpc) is 2.39. The van der Waals surface area contributed by atoms with E-state index in [4.69, 9.17) is 69.6 Å². The van der Waals surface area contributed by atoms with Gasteiger partial charge in [0.2, 0.25) is 13.5 Å². The van der Waals surface area contributed by atoms with E-state index in [1.807, 2.05) is 31.2 Å². The maximum absolute atomic E-state index is 5.81. The van der Waals surface area contributed by atoms with Crippen molar-refractivity contribution in [1.29, 1.82) is 0 Å². The van der Waals surface area contributed by atoms with E-state index >= 15 is 0 Å². The van der Waals surface area contributed by atoms with Crippen molar-refractivity contribution in [3.63, 3.8) is 0 Å². The molecular formula is C12H8Cl6N4. The highest BCUT2D eigenvalue weighted by atomic mass is 35.6. The Morgan fingerprint density at radius 3 is 1.77 bits per heavy atom. The molecule has 118 valence electrons. The van der Waals surface area contributed by atoms with Crippen molar-refractivity contribution in [2.24, 2.45) is 0 Å². The topological polar surface area (TPSA) is 50.7 Å². The number of nitrogens with zero attached hydrogens (tertiary/aromatic N) is 3. The molecule has 1 aromatic carbocycles. The van der Waals surface area contributed by atoms with E-state index in [0.29, 0.717) is 0 Å². The third-order valence-electron chi connectivity index (χ3n) is 2.53. The van der Waals surface area contributed by atoms with E-state index in [1.54, 1.807) is 0 Å². The van der Waals surface area contributed by atoms with Crippen molar-refractivity contribution < 1.29 is 0 Å². The van der Waals surface area contributed by atoms with Gasteiger partial charge in [-0.2, -0.15) is 9.97 Å². The van der Waals surface area contributed by atoms with Crippen LogP contribution in [0.3, 0.4) is 0 Å². The van der Waals surface area contributed by atoms with E-state index in [-0.39, 0.29) is 17.6 Å². The fraction of sp³-hybridized carbons (Fsp3) is 0.250. The number of benzene rings is 1. The summed E-state index contributed by atoms with van der Waals surface area (Å²) < 4.78 is -3.76. The summed E-state index contributed by atoms with van der Waals surface area (Å²) >= 11 is 34.8. The van der Waals surface area contributed by atoms with Crippen molar-refractivity contribution in [2.75, 3.05) is 5.32 Å². The molecule has 10 heteroatoms. The minimum atomic E-state index is -1.88. The maximum atomic E-state index is 5.81. The summed E-state index contributed by atoms with van der Waals surface area (Å²) in [6.45, 7) is 1.91. The third kappa shape index (κ3) is 4.63. The van der Waals surface area contributed by atoms with Gasteiger partial charge >= 0.3 is 0 Å². The van der Waals surface area contributed by atoms with E-state index in [2.05, 4.69) is 20.3 Å². The van der Waals surface area contributed by atoms with Gasteiger partial charge in [-0.15, -0.1) is 0 Å². The summed E-state index contributed by atoms with van der Waals surface area (Å²) in [6.07, 6.45) is 0. The van der Waals surface area contributed by atoms with Crippen molar-refractivity contribution in [2.45, 2.75) is 14.5 Å². The second-order valence-corrected chi connectivity index (χ2v) is 8.80. The Labute approximate surface area is 157 Å². The highest BCUT2D eigenvalue weighted by molar-refractivity contribution is 6.67. The third-order valence-corrected chi connectivity index (χ3v) is 3.55. The van der Waals surface area contributed by atoms with Gasteiger partial charge in [-0.05, 0) is 18.6 Å². The molecular weight excluding hydrogens is 413 g/mol. The van der Waals surface area contributed by atoms with Crippen LogP contribution < -0.4 is 5.32 Å². The van der Waals surface area contributed by atoms with Gasteiger partial charge in [0.15, 0.2) is 11.6 Å². The quantitative estimate of drug-likeness (QED) is 0.644. The standard InChI is InChI=1S/C12H8Cl6N4/c1-6-4-2-3-5-7(6)19-10-21-8(11(13,14)15)20-9(22-10)12(16,17)18/h2-5H,1H3,(H,19,20,21,22). The predicted molar refractivity (Wildman–Crippen MR) is 92.8 cm³/mol. The summed E-state index contributed by atoms with van der Waals surface area (Å²) in [7, 11) is 0. The zero-order valence-corrected chi connectivity index (χ0v) is 15.5. The Morgan fingerprint density at radius 2 is 1.32 bits per heavy atom. The van der Waals surface area contributed by atoms with Crippen LogP contribution in [0.4, 0.5) is 11.6 Å². The Kier molecular flexibility index (Phi) is 5.53. The molecule has 1 N–H and O–H groups in total. The van der Waals surface area contributed by atoms with Crippen molar-refractivity contribution >= 4 is 81.2 Å². The molecule has 0 bridgehead atoms. The molecule has 1 aromatic heterocycles. The molecule has 22 heavy (non-hydrogen) atoms. The highest BCUT2D eigenvalue weighted by Crippen LogP contribution is 2.40. The molecule has 0 saturated heterocycles. The highest BCUT2D eigenvalue weighted by Gasteiger charge is 2.33. The van der Waals surface area contributed by atoms with Gasteiger partial charge < -0.3 is 5.32 Å². The molecule has 4 nitrogen and oxygen atoms in total. The monoisotopic (exact) mass is 418 g/mol. The molecule has 0 aliphatic carbocycles. The molecule has 0 amide bonds. The number of hydrogen-bond acceptors (Lipinski definition) is 4. The molecule has 0 aliphatic heterocycles. The smallest absolute Gasteiger partial charge is 0.250 e. The van der Waals surface area contributed by atoms with Gasteiger partial charge in [0, 0.05) is 5.69 Å². The van der Waals surface area contributed by atoms with Crippen LogP contribution in [0.1, 0.15) is 17.2 Å². The summed E-state index contributed by atoms with van der Waals surface area (Å²) in [5.74, 6) is -0.193. The predicted octanol–water partition coefficient (Wildman–Crippen LogP) is 5.58. The van der Waals surface area contributed by atoms with Crippen LogP contribution in [0.15, 0.2) is 24.3 Å². The normalized spacial score (nSPS) is 12.3. The first-order chi connectivity index (χ1) is 10.1. The van der Waals surface area contributed by atoms with Gasteiger partial charge in [0.05, 0.1) is 0 Å². The lowest BCUT2D eigenvalue weighted by Crippen LogP contribution is -2.17. The Hall–Kier alpha value is -0.230. The maximum Gasteiger partial charge on any atom is 0.250 e. The number of nitrogens with one attached hydrogen (secondary N) is 1. The van der Waals surface area contributed by atoms with Crippen LogP contribution in [-0.4, -0.2) is 15.0 Å². The van der Waals surface area contributed by atoms with E-state index in [0.717, 1.165) is 11.3 Å². The first-order valence-corrected chi connectivity index (χ1v) is 8.07. The molecule has 0 saturated carbocycles. The van der Waals surface area contributed by atoms with Gasteiger partial charge in [0.1, 0.15) is 0 Å². The second-order valence-electron chi connectivity index (χ2n) is 4.24. The SMILES string of the molecule is Cc1ccccc1Nc1nc(C(Cl)(Cl)Cl)nc(C(Cl)(Cl)Cl)n1. The summed E-state index contributed by atoms with van der Waals surface area (Å²) in [6, 6.07) is 7.49. The van der Waals surface area contributed by atoms with Crippen LogP contribution in [0.5, 0.6) is 0 Å². The minimum absolute atomic E-state index is 0.104. The number of anilines is 2. The number of rotatable bonds is 2. The number of halogens is 6. The van der Waals surface area contributed by atoms with Gasteiger partial charge in [-0.3, -0.25) is 0 Å². The number of hydrogen-bond donors (Lipinski definition) is 1. The fourth-order valence-electron chi connectivity index (χ4n) is 1.52. The minimum Gasteiger partial charge on any atom is -0.324 e. The lowest BCUT2D eigenvalue weighted by Gasteiger charge is -2.16. The average molecular weight is 421 g/mol. The van der Waals surface area contributed by atoms with Crippen molar-refractivity contribution in [3.8, 4) is 0 Å². The lowest BCUT2D eigenvalue weighted by atomic mass is 10.2. The van der Waals surface area contributed by atoms with Crippen molar-refractivity contribution in [1.82, 2.24) is 15.0 Å². The fourth-order valence-corrected chi connectivity index (χ4v) is 2.03. The van der Waals surface area contributed by atoms with E-state index in [1.165, 1.54) is 0 Å². The summed E-state index contributed by atoms with van der Waals surface area (Å²) in [5.41, 5.74) is 1.73.